The van der Waals surface area contributed by atoms with Crippen molar-refractivity contribution in [3.05, 3.63) is 35.4 Å². The molecule has 0 atom stereocenters. The second-order valence-corrected chi connectivity index (χ2v) is 6.18. The SMILES string of the molecule is NCCc1ccc(CN2CCS(=O)CC2)cc1. The van der Waals surface area contributed by atoms with Crippen LogP contribution >= 0.6 is 0 Å². The first-order chi connectivity index (χ1) is 8.28. The van der Waals surface area contributed by atoms with Crippen LogP contribution in [0.25, 0.3) is 0 Å². The van der Waals surface area contributed by atoms with Gasteiger partial charge < -0.3 is 5.73 Å². The summed E-state index contributed by atoms with van der Waals surface area (Å²) in [5.74, 6) is 1.65. The Kier molecular flexibility index (Phi) is 4.71. The van der Waals surface area contributed by atoms with Gasteiger partial charge in [0.25, 0.3) is 0 Å². The number of hydrogen-bond acceptors (Lipinski definition) is 3. The second kappa shape index (κ2) is 6.28. The van der Waals surface area contributed by atoms with Crippen LogP contribution in [0.2, 0.25) is 0 Å². The number of hydrogen-bond donors (Lipinski definition) is 1. The maximum absolute atomic E-state index is 11.3. The molecule has 0 saturated carbocycles. The van der Waals surface area contributed by atoms with E-state index in [0.29, 0.717) is 6.54 Å². The van der Waals surface area contributed by atoms with Gasteiger partial charge >= 0.3 is 0 Å². The molecular weight excluding hydrogens is 232 g/mol. The lowest BCUT2D eigenvalue weighted by Gasteiger charge is -2.26. The van der Waals surface area contributed by atoms with Crippen molar-refractivity contribution in [3.8, 4) is 0 Å². The number of nitrogens with zero attached hydrogens (tertiary/aromatic N) is 1. The van der Waals surface area contributed by atoms with E-state index in [0.717, 1.165) is 37.6 Å². The fourth-order valence-electron chi connectivity index (χ4n) is 2.07. The first-order valence-corrected chi connectivity index (χ1v) is 7.62. The number of rotatable bonds is 4. The molecular formula is C13H20N2OS. The first kappa shape index (κ1) is 12.7. The van der Waals surface area contributed by atoms with Crippen LogP contribution in [-0.2, 0) is 23.8 Å². The summed E-state index contributed by atoms with van der Waals surface area (Å²) >= 11 is 0. The second-order valence-electron chi connectivity index (χ2n) is 4.48. The molecule has 1 heterocycles. The molecule has 0 aromatic heterocycles. The lowest BCUT2D eigenvalue weighted by Crippen LogP contribution is -2.37. The summed E-state index contributed by atoms with van der Waals surface area (Å²) in [6.45, 7) is 3.59. The van der Waals surface area contributed by atoms with Crippen molar-refractivity contribution in [2.24, 2.45) is 5.73 Å². The molecule has 0 amide bonds. The van der Waals surface area contributed by atoms with Gasteiger partial charge in [-0.2, -0.15) is 0 Å². The third kappa shape index (κ3) is 3.91. The highest BCUT2D eigenvalue weighted by molar-refractivity contribution is 7.85. The maximum Gasteiger partial charge on any atom is 0.0363 e. The molecule has 4 heteroatoms. The number of benzene rings is 1. The average molecular weight is 252 g/mol. The van der Waals surface area contributed by atoms with E-state index in [2.05, 4.69) is 29.2 Å². The first-order valence-electron chi connectivity index (χ1n) is 6.13. The van der Waals surface area contributed by atoms with Crippen LogP contribution < -0.4 is 5.73 Å². The summed E-state index contributed by atoms with van der Waals surface area (Å²) in [5, 5.41) is 0. The molecule has 0 bridgehead atoms. The summed E-state index contributed by atoms with van der Waals surface area (Å²) < 4.78 is 11.3. The summed E-state index contributed by atoms with van der Waals surface area (Å²) in [5.41, 5.74) is 8.16. The van der Waals surface area contributed by atoms with Gasteiger partial charge in [-0.05, 0) is 24.1 Å². The van der Waals surface area contributed by atoms with E-state index in [4.69, 9.17) is 5.73 Å². The molecule has 1 aromatic rings. The molecule has 0 aliphatic carbocycles. The van der Waals surface area contributed by atoms with Crippen LogP contribution in [0.4, 0.5) is 0 Å². The molecule has 1 aromatic carbocycles. The minimum absolute atomic E-state index is 0.581. The molecule has 0 unspecified atom stereocenters. The van der Waals surface area contributed by atoms with E-state index in [1.807, 2.05) is 0 Å². The highest BCUT2D eigenvalue weighted by Gasteiger charge is 2.14. The summed E-state index contributed by atoms with van der Waals surface area (Å²) in [4.78, 5) is 2.37. The maximum atomic E-state index is 11.3. The third-order valence-electron chi connectivity index (χ3n) is 3.13. The zero-order valence-electron chi connectivity index (χ0n) is 10.1. The van der Waals surface area contributed by atoms with Gasteiger partial charge in [-0.25, -0.2) is 0 Å². The van der Waals surface area contributed by atoms with Gasteiger partial charge in [-0.1, -0.05) is 24.3 Å². The van der Waals surface area contributed by atoms with Crippen molar-refractivity contribution in [2.45, 2.75) is 13.0 Å². The molecule has 2 rings (SSSR count). The lowest BCUT2D eigenvalue weighted by molar-refractivity contribution is 0.291. The van der Waals surface area contributed by atoms with Crippen LogP contribution in [0.15, 0.2) is 24.3 Å². The van der Waals surface area contributed by atoms with Crippen molar-refractivity contribution >= 4 is 10.8 Å². The van der Waals surface area contributed by atoms with Crippen LogP contribution in [0.3, 0.4) is 0 Å². The van der Waals surface area contributed by atoms with Crippen molar-refractivity contribution in [2.75, 3.05) is 31.1 Å². The topological polar surface area (TPSA) is 46.3 Å². The molecule has 1 fully saturated rings. The summed E-state index contributed by atoms with van der Waals surface area (Å²) in [7, 11) is -0.581. The van der Waals surface area contributed by atoms with Crippen LogP contribution in [-0.4, -0.2) is 40.2 Å². The Morgan fingerprint density at radius 3 is 2.29 bits per heavy atom. The molecule has 2 N–H and O–H groups in total. The zero-order valence-corrected chi connectivity index (χ0v) is 10.9. The fraction of sp³-hybridized carbons (Fsp3) is 0.538. The average Bonchev–Trinajstić information content (AvgIpc) is 2.35. The van der Waals surface area contributed by atoms with Crippen molar-refractivity contribution < 1.29 is 4.21 Å². The Hall–Kier alpha value is -0.710. The predicted molar refractivity (Wildman–Crippen MR) is 72.4 cm³/mol. The lowest BCUT2D eigenvalue weighted by atomic mass is 10.1. The third-order valence-corrected chi connectivity index (χ3v) is 4.41. The van der Waals surface area contributed by atoms with Crippen molar-refractivity contribution in [1.82, 2.24) is 4.90 Å². The molecule has 3 nitrogen and oxygen atoms in total. The standard InChI is InChI=1S/C13H20N2OS/c14-6-5-12-1-3-13(4-2-12)11-15-7-9-17(16)10-8-15/h1-4H,5-11,14H2. The minimum Gasteiger partial charge on any atom is -0.330 e. The van der Waals surface area contributed by atoms with Gasteiger partial charge in [0.15, 0.2) is 0 Å². The van der Waals surface area contributed by atoms with E-state index in [1.165, 1.54) is 11.1 Å². The minimum atomic E-state index is -0.581. The normalized spacial score (nSPS) is 18.4. The summed E-state index contributed by atoms with van der Waals surface area (Å²) in [6, 6.07) is 8.67. The molecule has 94 valence electrons. The van der Waals surface area contributed by atoms with Gasteiger partial charge in [0.2, 0.25) is 0 Å². The monoisotopic (exact) mass is 252 g/mol. The highest BCUT2D eigenvalue weighted by Crippen LogP contribution is 2.10. The Balaban J connectivity index is 1.88. The van der Waals surface area contributed by atoms with Crippen LogP contribution in [0, 0.1) is 0 Å². The molecule has 1 aliphatic rings. The smallest absolute Gasteiger partial charge is 0.0363 e. The summed E-state index contributed by atoms with van der Waals surface area (Å²) in [6.07, 6.45) is 0.947. The van der Waals surface area contributed by atoms with E-state index in [-0.39, 0.29) is 0 Å². The Morgan fingerprint density at radius 1 is 1.12 bits per heavy atom. The van der Waals surface area contributed by atoms with Crippen molar-refractivity contribution in [3.63, 3.8) is 0 Å². The zero-order chi connectivity index (χ0) is 12.1. The quantitative estimate of drug-likeness (QED) is 0.860. The van der Waals surface area contributed by atoms with Gasteiger partial charge in [0.1, 0.15) is 0 Å². The van der Waals surface area contributed by atoms with Gasteiger partial charge in [0, 0.05) is 41.9 Å². The van der Waals surface area contributed by atoms with Crippen LogP contribution in [0.1, 0.15) is 11.1 Å². The van der Waals surface area contributed by atoms with E-state index >= 15 is 0 Å². The Bertz CT molecular complexity index is 368. The van der Waals surface area contributed by atoms with Gasteiger partial charge in [-0.15, -0.1) is 0 Å². The van der Waals surface area contributed by atoms with Gasteiger partial charge in [-0.3, -0.25) is 9.11 Å². The largest absolute Gasteiger partial charge is 0.330 e. The van der Waals surface area contributed by atoms with Crippen LogP contribution in [0.5, 0.6) is 0 Å². The van der Waals surface area contributed by atoms with E-state index < -0.39 is 10.8 Å². The molecule has 1 aliphatic heterocycles. The Morgan fingerprint density at radius 2 is 1.71 bits per heavy atom. The fourth-order valence-corrected chi connectivity index (χ4v) is 3.20. The Labute approximate surface area is 105 Å². The molecule has 0 radical (unpaired) electrons. The van der Waals surface area contributed by atoms with E-state index in [1.54, 1.807) is 0 Å². The molecule has 1 saturated heterocycles. The van der Waals surface area contributed by atoms with Gasteiger partial charge in [0.05, 0.1) is 0 Å². The van der Waals surface area contributed by atoms with E-state index in [9.17, 15) is 4.21 Å². The predicted octanol–water partition coefficient (Wildman–Crippen LogP) is 0.752. The van der Waals surface area contributed by atoms with Crippen molar-refractivity contribution in [1.29, 1.82) is 0 Å². The highest BCUT2D eigenvalue weighted by atomic mass is 32.2. The molecule has 17 heavy (non-hydrogen) atoms. The number of nitrogens with two attached hydrogens (primary N) is 1. The molecule has 0 spiro atoms.